The first-order valence-corrected chi connectivity index (χ1v) is 4.55. The number of fused-ring (bicyclic) bond motifs is 1. The van der Waals surface area contributed by atoms with Gasteiger partial charge in [-0.15, -0.1) is 0 Å². The number of amides is 1. The van der Waals surface area contributed by atoms with E-state index < -0.39 is 0 Å². The molecule has 0 fully saturated rings. The minimum Gasteiger partial charge on any atom is -0.334 e. The molecule has 1 aromatic rings. The Morgan fingerprint density at radius 2 is 2.46 bits per heavy atom. The summed E-state index contributed by atoms with van der Waals surface area (Å²) in [6.07, 6.45) is 4.46. The monoisotopic (exact) mass is 176 g/mol. The van der Waals surface area contributed by atoms with Gasteiger partial charge in [-0.1, -0.05) is 6.92 Å². The van der Waals surface area contributed by atoms with Gasteiger partial charge < -0.3 is 4.90 Å². The van der Waals surface area contributed by atoms with Gasteiger partial charge in [-0.05, 0) is 12.5 Å². The molecule has 1 amide bonds. The first-order valence-electron chi connectivity index (χ1n) is 4.55. The zero-order valence-corrected chi connectivity index (χ0v) is 7.66. The Balaban J connectivity index is 2.28. The summed E-state index contributed by atoms with van der Waals surface area (Å²) in [5, 5.41) is 0. The van der Waals surface area contributed by atoms with E-state index in [9.17, 15) is 4.79 Å². The predicted molar refractivity (Wildman–Crippen MR) is 49.3 cm³/mol. The highest BCUT2D eigenvalue weighted by Crippen LogP contribution is 2.20. The second-order valence-electron chi connectivity index (χ2n) is 3.26. The van der Waals surface area contributed by atoms with Crippen LogP contribution in [0, 0.1) is 0 Å². The molecule has 0 bridgehead atoms. The molecule has 0 saturated carbocycles. The maximum Gasteiger partial charge on any atom is 0.254 e. The highest BCUT2D eigenvalue weighted by Gasteiger charge is 2.25. The van der Waals surface area contributed by atoms with E-state index in [1.54, 1.807) is 18.5 Å². The highest BCUT2D eigenvalue weighted by molar-refractivity contribution is 5.98. The fourth-order valence-corrected chi connectivity index (χ4v) is 1.66. The number of hydrogen-bond acceptors (Lipinski definition) is 2. The van der Waals surface area contributed by atoms with Gasteiger partial charge in [0.15, 0.2) is 0 Å². The van der Waals surface area contributed by atoms with Crippen LogP contribution in [0.3, 0.4) is 0 Å². The number of nitrogens with zero attached hydrogens (tertiary/aromatic N) is 2. The fraction of sp³-hybridized carbons (Fsp3) is 0.400. The van der Waals surface area contributed by atoms with Gasteiger partial charge in [0.1, 0.15) is 0 Å². The second-order valence-corrected chi connectivity index (χ2v) is 3.26. The van der Waals surface area contributed by atoms with Crippen LogP contribution in [-0.2, 0) is 6.54 Å². The lowest BCUT2D eigenvalue weighted by Crippen LogP contribution is -2.24. The zero-order chi connectivity index (χ0) is 9.26. The summed E-state index contributed by atoms with van der Waals surface area (Å²) in [5.74, 6) is 0.152. The molecule has 0 unspecified atom stereocenters. The lowest BCUT2D eigenvalue weighted by atomic mass is 10.2. The van der Waals surface area contributed by atoms with E-state index >= 15 is 0 Å². The van der Waals surface area contributed by atoms with Crippen LogP contribution in [0.15, 0.2) is 18.5 Å². The lowest BCUT2D eigenvalue weighted by molar-refractivity contribution is 0.0778. The van der Waals surface area contributed by atoms with Crippen molar-refractivity contribution in [1.29, 1.82) is 0 Å². The van der Waals surface area contributed by atoms with E-state index in [2.05, 4.69) is 11.9 Å². The van der Waals surface area contributed by atoms with Gasteiger partial charge in [0.05, 0.1) is 0 Å². The van der Waals surface area contributed by atoms with Crippen molar-refractivity contribution < 1.29 is 4.79 Å². The third-order valence-corrected chi connectivity index (χ3v) is 2.28. The molecular formula is C10H12N2O. The van der Waals surface area contributed by atoms with Gasteiger partial charge in [-0.2, -0.15) is 0 Å². The Labute approximate surface area is 77.4 Å². The lowest BCUT2D eigenvalue weighted by Gasteiger charge is -2.13. The molecule has 3 nitrogen and oxygen atoms in total. The Morgan fingerprint density at radius 3 is 3.15 bits per heavy atom. The van der Waals surface area contributed by atoms with Gasteiger partial charge in [-0.3, -0.25) is 9.78 Å². The molecule has 1 aromatic heterocycles. The number of carbonyl (C=O) groups is 1. The van der Waals surface area contributed by atoms with Crippen LogP contribution >= 0.6 is 0 Å². The minimum absolute atomic E-state index is 0.152. The normalized spacial score (nSPS) is 14.8. The smallest absolute Gasteiger partial charge is 0.254 e. The van der Waals surface area contributed by atoms with Crippen LogP contribution in [0.4, 0.5) is 0 Å². The zero-order valence-electron chi connectivity index (χ0n) is 7.66. The first kappa shape index (κ1) is 8.23. The van der Waals surface area contributed by atoms with Gasteiger partial charge >= 0.3 is 0 Å². The van der Waals surface area contributed by atoms with E-state index in [-0.39, 0.29) is 5.91 Å². The van der Waals surface area contributed by atoms with Crippen molar-refractivity contribution in [2.45, 2.75) is 19.9 Å². The molecule has 68 valence electrons. The van der Waals surface area contributed by atoms with Crippen molar-refractivity contribution in [2.75, 3.05) is 6.54 Å². The Bertz CT molecular complexity index is 335. The van der Waals surface area contributed by atoms with Crippen molar-refractivity contribution >= 4 is 5.91 Å². The van der Waals surface area contributed by atoms with E-state index in [1.165, 1.54) is 0 Å². The molecule has 0 radical (unpaired) electrons. The standard InChI is InChI=1S/C10H12N2O/c1-2-5-12-7-8-6-11-4-3-9(8)10(12)13/h3-4,6H,2,5,7H2,1H3. The third-order valence-electron chi connectivity index (χ3n) is 2.28. The molecule has 0 spiro atoms. The molecule has 0 saturated heterocycles. The molecule has 2 rings (SSSR count). The first-order chi connectivity index (χ1) is 6.33. The van der Waals surface area contributed by atoms with Crippen LogP contribution in [0.25, 0.3) is 0 Å². The quantitative estimate of drug-likeness (QED) is 0.683. The Kier molecular flexibility index (Phi) is 2.00. The molecule has 13 heavy (non-hydrogen) atoms. The molecule has 0 N–H and O–H groups in total. The van der Waals surface area contributed by atoms with E-state index in [1.807, 2.05) is 4.90 Å². The van der Waals surface area contributed by atoms with E-state index in [4.69, 9.17) is 0 Å². The summed E-state index contributed by atoms with van der Waals surface area (Å²) in [6.45, 7) is 3.65. The average Bonchev–Trinajstić information content (AvgIpc) is 2.46. The van der Waals surface area contributed by atoms with Crippen molar-refractivity contribution in [3.8, 4) is 0 Å². The Hall–Kier alpha value is -1.38. The van der Waals surface area contributed by atoms with Crippen molar-refractivity contribution in [3.63, 3.8) is 0 Å². The van der Waals surface area contributed by atoms with Crippen molar-refractivity contribution in [1.82, 2.24) is 9.88 Å². The summed E-state index contributed by atoms with van der Waals surface area (Å²) in [6, 6.07) is 1.80. The molecule has 0 aliphatic carbocycles. The SMILES string of the molecule is CCCN1Cc2cnccc2C1=O. The molecule has 2 heterocycles. The van der Waals surface area contributed by atoms with Crippen molar-refractivity contribution in [2.24, 2.45) is 0 Å². The van der Waals surface area contributed by atoms with E-state index in [0.29, 0.717) is 0 Å². The van der Waals surface area contributed by atoms with Crippen LogP contribution in [-0.4, -0.2) is 22.3 Å². The summed E-state index contributed by atoms with van der Waals surface area (Å²) in [7, 11) is 0. The molecule has 0 atom stereocenters. The van der Waals surface area contributed by atoms with E-state index in [0.717, 1.165) is 30.6 Å². The molecular weight excluding hydrogens is 164 g/mol. The van der Waals surface area contributed by atoms with Crippen LogP contribution < -0.4 is 0 Å². The van der Waals surface area contributed by atoms with Crippen LogP contribution in [0.1, 0.15) is 29.3 Å². The van der Waals surface area contributed by atoms with Gasteiger partial charge in [0.2, 0.25) is 0 Å². The second kappa shape index (κ2) is 3.17. The molecule has 3 heteroatoms. The summed E-state index contributed by atoms with van der Waals surface area (Å²) < 4.78 is 0. The number of hydrogen-bond donors (Lipinski definition) is 0. The number of pyridine rings is 1. The molecule has 1 aliphatic rings. The van der Waals surface area contributed by atoms with Crippen LogP contribution in [0.2, 0.25) is 0 Å². The maximum atomic E-state index is 11.7. The number of rotatable bonds is 2. The van der Waals surface area contributed by atoms with Gasteiger partial charge in [0, 0.05) is 36.6 Å². The van der Waals surface area contributed by atoms with Gasteiger partial charge in [-0.25, -0.2) is 0 Å². The summed E-state index contributed by atoms with van der Waals surface area (Å²) in [4.78, 5) is 17.6. The Morgan fingerprint density at radius 1 is 1.62 bits per heavy atom. The largest absolute Gasteiger partial charge is 0.334 e. The predicted octanol–water partition coefficient (Wildman–Crippen LogP) is 1.45. The fourth-order valence-electron chi connectivity index (χ4n) is 1.66. The van der Waals surface area contributed by atoms with Crippen molar-refractivity contribution in [3.05, 3.63) is 29.6 Å². The van der Waals surface area contributed by atoms with Crippen LogP contribution in [0.5, 0.6) is 0 Å². The third kappa shape index (κ3) is 1.30. The summed E-state index contributed by atoms with van der Waals surface area (Å²) in [5.41, 5.74) is 1.88. The summed E-state index contributed by atoms with van der Waals surface area (Å²) >= 11 is 0. The molecule has 0 aromatic carbocycles. The highest BCUT2D eigenvalue weighted by atomic mass is 16.2. The number of aromatic nitrogens is 1. The molecule has 1 aliphatic heterocycles. The maximum absolute atomic E-state index is 11.7. The average molecular weight is 176 g/mol. The number of carbonyl (C=O) groups excluding carboxylic acids is 1. The van der Waals surface area contributed by atoms with Gasteiger partial charge in [0.25, 0.3) is 5.91 Å². The minimum atomic E-state index is 0.152. The topological polar surface area (TPSA) is 33.2 Å².